The van der Waals surface area contributed by atoms with Crippen LogP contribution in [-0.2, 0) is 11.3 Å². The van der Waals surface area contributed by atoms with Crippen molar-refractivity contribution < 1.29 is 23.0 Å². The van der Waals surface area contributed by atoms with Crippen molar-refractivity contribution in [2.75, 3.05) is 0 Å². The molecule has 0 aliphatic rings. The number of hydrogen-bond acceptors (Lipinski definition) is 1. The van der Waals surface area contributed by atoms with Crippen molar-refractivity contribution in [3.05, 3.63) is 52.0 Å². The van der Waals surface area contributed by atoms with Crippen molar-refractivity contribution >= 4 is 23.2 Å². The van der Waals surface area contributed by atoms with E-state index in [0.29, 0.717) is 0 Å². The number of alkyl halides is 3. The van der Waals surface area contributed by atoms with Gasteiger partial charge in [0.1, 0.15) is 5.75 Å². The predicted molar refractivity (Wildman–Crippen MR) is 68.1 cm³/mol. The molecule has 0 unspecified atom stereocenters. The minimum atomic E-state index is -4.55. The summed E-state index contributed by atoms with van der Waals surface area (Å²) in [4.78, 5) is 0. The highest BCUT2D eigenvalue weighted by molar-refractivity contribution is 6.37. The van der Waals surface area contributed by atoms with E-state index in [1.54, 1.807) is 0 Å². The van der Waals surface area contributed by atoms with Gasteiger partial charge in [-0.2, -0.15) is 13.2 Å². The Balaban J connectivity index is 2.36. The summed E-state index contributed by atoms with van der Waals surface area (Å²) in [6.07, 6.45) is -4.55. The van der Waals surface area contributed by atoms with E-state index >= 15 is 0 Å². The molecule has 2 rings (SSSR count). The lowest BCUT2D eigenvalue weighted by molar-refractivity contribution is -0.137. The van der Waals surface area contributed by atoms with E-state index in [-0.39, 0.29) is 27.3 Å². The Hall–Kier alpha value is -1.59. The van der Waals surface area contributed by atoms with Crippen LogP contribution >= 0.6 is 23.2 Å². The first-order valence-corrected chi connectivity index (χ1v) is 6.04. The van der Waals surface area contributed by atoms with E-state index in [2.05, 4.69) is 0 Å². The molecule has 0 aromatic heterocycles. The predicted octanol–water partition coefficient (Wildman–Crippen LogP) is 5.95. The number of ether oxygens (including phenoxy) is 1. The molecule has 0 heterocycles. The average molecular weight is 322 g/mol. The highest BCUT2D eigenvalue weighted by Crippen LogP contribution is 2.41. The summed E-state index contributed by atoms with van der Waals surface area (Å²) in [6, 6.07) is 6.69. The second-order valence-electron chi connectivity index (χ2n) is 3.84. The van der Waals surface area contributed by atoms with Crippen LogP contribution in [0.5, 0.6) is 17.2 Å². The van der Waals surface area contributed by atoms with Crippen LogP contribution in [-0.4, -0.2) is 0 Å². The van der Waals surface area contributed by atoms with Gasteiger partial charge in [0.2, 0.25) is 0 Å². The lowest BCUT2D eigenvalue weighted by Gasteiger charge is -2.13. The van der Waals surface area contributed by atoms with Crippen molar-refractivity contribution in [3.8, 4) is 17.2 Å². The number of benzene rings is 2. The first-order valence-electron chi connectivity index (χ1n) is 5.28. The molecule has 0 atom stereocenters. The van der Waals surface area contributed by atoms with Crippen LogP contribution < -0.4 is 4.74 Å². The molecule has 0 spiro atoms. The van der Waals surface area contributed by atoms with Gasteiger partial charge in [0.25, 0.3) is 0 Å². The summed E-state index contributed by atoms with van der Waals surface area (Å²) in [5.41, 5.74) is -0.963. The normalized spacial score (nSPS) is 11.4. The monoisotopic (exact) mass is 321 g/mol. The summed E-state index contributed by atoms with van der Waals surface area (Å²) < 4.78 is 43.0. The third-order valence-electron chi connectivity index (χ3n) is 2.37. The minimum absolute atomic E-state index is 0.0972. The van der Waals surface area contributed by atoms with Gasteiger partial charge in [-0.05, 0) is 36.4 Å². The average Bonchev–Trinajstić information content (AvgIpc) is 2.34. The Bertz CT molecular complexity index is 601. The van der Waals surface area contributed by atoms with Gasteiger partial charge in [0.15, 0.2) is 11.5 Å². The third-order valence-corrected chi connectivity index (χ3v) is 2.93. The molecular formula is C13H6Cl2F3O2. The van der Waals surface area contributed by atoms with Gasteiger partial charge < -0.3 is 4.74 Å². The molecule has 0 saturated carbocycles. The molecule has 2 aromatic carbocycles. The molecule has 0 N–H and O–H groups in total. The van der Waals surface area contributed by atoms with Crippen molar-refractivity contribution in [1.82, 2.24) is 0 Å². The van der Waals surface area contributed by atoms with Crippen molar-refractivity contribution in [3.63, 3.8) is 0 Å². The Morgan fingerprint density at radius 3 is 1.90 bits per heavy atom. The van der Waals surface area contributed by atoms with E-state index < -0.39 is 11.7 Å². The molecular weight excluding hydrogens is 316 g/mol. The first kappa shape index (κ1) is 14.8. The first-order chi connectivity index (χ1) is 9.27. The standard InChI is InChI=1S/C13H6Cl2F3O2/c14-10-5-7(13(16,17)18)6-11(15)12(10)20-9-3-1-8(19)2-4-9/h1-6H. The van der Waals surface area contributed by atoms with Crippen LogP contribution in [0.25, 0.3) is 0 Å². The minimum Gasteiger partial charge on any atom is -0.454 e. The van der Waals surface area contributed by atoms with Crippen molar-refractivity contribution in [2.24, 2.45) is 0 Å². The largest absolute Gasteiger partial charge is 0.454 e. The molecule has 2 nitrogen and oxygen atoms in total. The molecule has 105 valence electrons. The summed E-state index contributed by atoms with van der Waals surface area (Å²) in [5.74, 6) is -0.0740. The van der Waals surface area contributed by atoms with Gasteiger partial charge in [0, 0.05) is 0 Å². The number of hydrogen-bond donors (Lipinski definition) is 0. The van der Waals surface area contributed by atoms with Crippen LogP contribution in [0.3, 0.4) is 0 Å². The van der Waals surface area contributed by atoms with Gasteiger partial charge in [-0.3, -0.25) is 5.11 Å². The Labute approximate surface area is 122 Å². The molecule has 0 aliphatic carbocycles. The number of halogens is 5. The Kier molecular flexibility index (Phi) is 4.01. The Morgan fingerprint density at radius 1 is 0.950 bits per heavy atom. The summed E-state index contributed by atoms with van der Waals surface area (Å²) in [7, 11) is 0. The topological polar surface area (TPSA) is 29.1 Å². The zero-order chi connectivity index (χ0) is 14.9. The Morgan fingerprint density at radius 2 is 1.45 bits per heavy atom. The summed E-state index contributed by atoms with van der Waals surface area (Å²) in [5, 5.41) is 10.4. The van der Waals surface area contributed by atoms with E-state index in [1.165, 1.54) is 24.3 Å². The highest BCUT2D eigenvalue weighted by atomic mass is 35.5. The third kappa shape index (κ3) is 3.29. The van der Waals surface area contributed by atoms with E-state index in [4.69, 9.17) is 27.9 Å². The van der Waals surface area contributed by atoms with Crippen molar-refractivity contribution in [2.45, 2.75) is 6.18 Å². The van der Waals surface area contributed by atoms with Gasteiger partial charge in [0.05, 0.1) is 15.6 Å². The van der Waals surface area contributed by atoms with Crippen molar-refractivity contribution in [1.29, 1.82) is 0 Å². The second-order valence-corrected chi connectivity index (χ2v) is 4.65. The molecule has 0 aliphatic heterocycles. The lowest BCUT2D eigenvalue weighted by atomic mass is 10.2. The maximum Gasteiger partial charge on any atom is 0.416 e. The van der Waals surface area contributed by atoms with Crippen LogP contribution in [0.1, 0.15) is 5.56 Å². The fourth-order valence-electron chi connectivity index (χ4n) is 1.45. The molecule has 2 aromatic rings. The highest BCUT2D eigenvalue weighted by Gasteiger charge is 2.32. The van der Waals surface area contributed by atoms with Gasteiger partial charge in [-0.1, -0.05) is 23.2 Å². The smallest absolute Gasteiger partial charge is 0.416 e. The summed E-state index contributed by atoms with van der Waals surface area (Å²) >= 11 is 11.5. The molecule has 0 amide bonds. The molecule has 0 bridgehead atoms. The quantitative estimate of drug-likeness (QED) is 0.672. The van der Waals surface area contributed by atoms with Crippen LogP contribution in [0.4, 0.5) is 13.2 Å². The van der Waals surface area contributed by atoms with Gasteiger partial charge in [-0.15, -0.1) is 0 Å². The van der Waals surface area contributed by atoms with E-state index in [0.717, 1.165) is 12.1 Å². The molecule has 20 heavy (non-hydrogen) atoms. The maximum atomic E-state index is 12.6. The van der Waals surface area contributed by atoms with E-state index in [9.17, 15) is 18.3 Å². The van der Waals surface area contributed by atoms with Crippen LogP contribution in [0.15, 0.2) is 36.4 Å². The maximum absolute atomic E-state index is 12.6. The van der Waals surface area contributed by atoms with E-state index in [1.807, 2.05) is 0 Å². The SMILES string of the molecule is [O]c1ccc(Oc2c(Cl)cc(C(F)(F)F)cc2Cl)cc1. The zero-order valence-electron chi connectivity index (χ0n) is 9.67. The zero-order valence-corrected chi connectivity index (χ0v) is 11.2. The van der Waals surface area contributed by atoms with Gasteiger partial charge in [-0.25, -0.2) is 0 Å². The fraction of sp³-hybridized carbons (Fsp3) is 0.0769. The fourth-order valence-corrected chi connectivity index (χ4v) is 2.01. The second kappa shape index (κ2) is 5.42. The van der Waals surface area contributed by atoms with Crippen LogP contribution in [0, 0.1) is 0 Å². The summed E-state index contributed by atoms with van der Waals surface area (Å²) in [6.45, 7) is 0. The molecule has 0 fully saturated rings. The van der Waals surface area contributed by atoms with Gasteiger partial charge >= 0.3 is 6.18 Å². The number of rotatable bonds is 2. The molecule has 7 heteroatoms. The lowest BCUT2D eigenvalue weighted by Crippen LogP contribution is -2.05. The van der Waals surface area contributed by atoms with Crippen LogP contribution in [0.2, 0.25) is 10.0 Å². The molecule has 0 saturated heterocycles. The molecule has 1 radical (unpaired) electrons.